The monoisotopic (exact) mass is 398 g/mol. The predicted octanol–water partition coefficient (Wildman–Crippen LogP) is 3.23. The molecule has 0 unspecified atom stereocenters. The van der Waals surface area contributed by atoms with Crippen molar-refractivity contribution in [2.45, 2.75) is 11.4 Å². The van der Waals surface area contributed by atoms with Crippen molar-refractivity contribution in [2.24, 2.45) is 0 Å². The Labute approximate surface area is 170 Å². The molecule has 0 saturated heterocycles. The summed E-state index contributed by atoms with van der Waals surface area (Å²) in [5, 5.41) is 12.5. The first-order chi connectivity index (χ1) is 13.5. The van der Waals surface area contributed by atoms with Gasteiger partial charge in [0, 0.05) is 13.1 Å². The standard InChI is InChI=1S/C22H26N2O3S/c1-23(2)13-14-24-19(16-7-5-4-6-8-16)15-28-21(20(25)22(24)26)17-9-11-18(27-3)12-10-17/h4-12,15,20-21,25H,13-14H2,1-3H3/t20-,21+/m1/s1. The fourth-order valence-electron chi connectivity index (χ4n) is 3.10. The van der Waals surface area contributed by atoms with Crippen molar-refractivity contribution in [2.75, 3.05) is 34.3 Å². The molecule has 0 saturated carbocycles. The Kier molecular flexibility index (Phi) is 6.78. The van der Waals surface area contributed by atoms with Crippen molar-refractivity contribution < 1.29 is 14.6 Å². The average Bonchev–Trinajstić information content (AvgIpc) is 2.84. The second-order valence-corrected chi connectivity index (χ2v) is 7.95. The Bertz CT molecular complexity index is 821. The second-order valence-electron chi connectivity index (χ2n) is 6.94. The molecular formula is C22H26N2O3S. The number of amides is 1. The molecule has 2 aromatic rings. The normalized spacial score (nSPS) is 20.1. The lowest BCUT2D eigenvalue weighted by molar-refractivity contribution is -0.136. The van der Waals surface area contributed by atoms with Crippen LogP contribution in [0.5, 0.6) is 5.75 Å². The molecule has 2 atom stereocenters. The lowest BCUT2D eigenvalue weighted by Crippen LogP contribution is -2.42. The van der Waals surface area contributed by atoms with Crippen LogP contribution in [0.4, 0.5) is 0 Å². The summed E-state index contributed by atoms with van der Waals surface area (Å²) < 4.78 is 5.21. The quantitative estimate of drug-likeness (QED) is 0.810. The van der Waals surface area contributed by atoms with Gasteiger partial charge in [0.15, 0.2) is 0 Å². The van der Waals surface area contributed by atoms with Gasteiger partial charge in [-0.05, 0) is 42.8 Å². The number of thioether (sulfide) groups is 1. The zero-order valence-electron chi connectivity index (χ0n) is 16.4. The first kappa shape index (κ1) is 20.5. The summed E-state index contributed by atoms with van der Waals surface area (Å²) in [7, 11) is 5.56. The molecule has 1 N–H and O–H groups in total. The van der Waals surface area contributed by atoms with Crippen molar-refractivity contribution in [1.82, 2.24) is 9.80 Å². The second kappa shape index (κ2) is 9.28. The maximum atomic E-state index is 13.2. The minimum atomic E-state index is -1.13. The molecular weight excluding hydrogens is 372 g/mol. The maximum absolute atomic E-state index is 13.2. The van der Waals surface area contributed by atoms with Gasteiger partial charge in [-0.1, -0.05) is 42.5 Å². The fraction of sp³-hybridized carbons (Fsp3) is 0.318. The van der Waals surface area contributed by atoms with Crippen LogP contribution in [0.1, 0.15) is 16.4 Å². The van der Waals surface area contributed by atoms with E-state index in [2.05, 4.69) is 0 Å². The van der Waals surface area contributed by atoms with Crippen molar-refractivity contribution >= 4 is 23.4 Å². The Morgan fingerprint density at radius 2 is 1.79 bits per heavy atom. The van der Waals surface area contributed by atoms with E-state index in [0.29, 0.717) is 13.1 Å². The molecule has 0 aromatic heterocycles. The largest absolute Gasteiger partial charge is 0.497 e. The van der Waals surface area contributed by atoms with E-state index in [1.165, 1.54) is 11.8 Å². The van der Waals surface area contributed by atoms with E-state index in [4.69, 9.17) is 4.74 Å². The van der Waals surface area contributed by atoms with Crippen LogP contribution in [0.15, 0.2) is 60.0 Å². The molecule has 1 amide bonds. The summed E-state index contributed by atoms with van der Waals surface area (Å²) in [5.74, 6) is 0.471. The topological polar surface area (TPSA) is 53.0 Å². The number of benzene rings is 2. The fourth-order valence-corrected chi connectivity index (χ4v) is 4.22. The van der Waals surface area contributed by atoms with E-state index >= 15 is 0 Å². The SMILES string of the molecule is COc1ccc([C@@H]2SC=C(c3ccccc3)N(CCN(C)C)C(=O)[C@@H]2O)cc1. The summed E-state index contributed by atoms with van der Waals surface area (Å²) in [6, 6.07) is 17.3. The molecule has 1 aliphatic heterocycles. The molecule has 2 aromatic carbocycles. The summed E-state index contributed by atoms with van der Waals surface area (Å²) in [6.45, 7) is 1.22. The van der Waals surface area contributed by atoms with Gasteiger partial charge in [-0.3, -0.25) is 4.79 Å². The van der Waals surface area contributed by atoms with E-state index in [1.54, 1.807) is 12.0 Å². The van der Waals surface area contributed by atoms with E-state index in [0.717, 1.165) is 22.6 Å². The Hall–Kier alpha value is -2.28. The van der Waals surface area contributed by atoms with Gasteiger partial charge in [-0.25, -0.2) is 0 Å². The van der Waals surface area contributed by atoms with Crippen LogP contribution < -0.4 is 4.74 Å². The molecule has 1 aliphatic rings. The molecule has 0 bridgehead atoms. The smallest absolute Gasteiger partial charge is 0.257 e. The number of aliphatic hydroxyl groups is 1. The molecule has 5 nitrogen and oxygen atoms in total. The van der Waals surface area contributed by atoms with Crippen LogP contribution in [0.3, 0.4) is 0 Å². The van der Waals surface area contributed by atoms with Crippen LogP contribution >= 0.6 is 11.8 Å². The summed E-state index contributed by atoms with van der Waals surface area (Å²) >= 11 is 1.47. The van der Waals surface area contributed by atoms with E-state index in [-0.39, 0.29) is 11.2 Å². The van der Waals surface area contributed by atoms with Crippen molar-refractivity contribution in [1.29, 1.82) is 0 Å². The number of likely N-dealkylation sites (N-methyl/N-ethyl adjacent to an activating group) is 1. The third kappa shape index (κ3) is 4.58. The number of nitrogens with zero attached hydrogens (tertiary/aromatic N) is 2. The van der Waals surface area contributed by atoms with Gasteiger partial charge in [-0.15, -0.1) is 11.8 Å². The molecule has 0 fully saturated rings. The number of hydrogen-bond donors (Lipinski definition) is 1. The highest BCUT2D eigenvalue weighted by atomic mass is 32.2. The van der Waals surface area contributed by atoms with Crippen molar-refractivity contribution in [3.8, 4) is 5.75 Å². The van der Waals surface area contributed by atoms with Gasteiger partial charge in [0.25, 0.3) is 5.91 Å². The Balaban J connectivity index is 1.96. The lowest BCUT2D eigenvalue weighted by Gasteiger charge is -2.28. The van der Waals surface area contributed by atoms with Crippen molar-refractivity contribution in [3.63, 3.8) is 0 Å². The number of methoxy groups -OCH3 is 1. The number of ether oxygens (including phenoxy) is 1. The predicted molar refractivity (Wildman–Crippen MR) is 114 cm³/mol. The molecule has 6 heteroatoms. The highest BCUT2D eigenvalue weighted by Gasteiger charge is 2.35. The van der Waals surface area contributed by atoms with Crippen LogP contribution in [0.25, 0.3) is 5.70 Å². The highest BCUT2D eigenvalue weighted by Crippen LogP contribution is 2.40. The number of hydrogen-bond acceptors (Lipinski definition) is 5. The lowest BCUT2D eigenvalue weighted by atomic mass is 10.0. The molecule has 0 spiro atoms. The highest BCUT2D eigenvalue weighted by molar-refractivity contribution is 8.02. The van der Waals surface area contributed by atoms with Crippen LogP contribution in [0.2, 0.25) is 0 Å². The number of aliphatic hydroxyl groups excluding tert-OH is 1. The van der Waals surface area contributed by atoms with Crippen LogP contribution in [-0.2, 0) is 4.79 Å². The van der Waals surface area contributed by atoms with E-state index in [9.17, 15) is 9.90 Å². The summed E-state index contributed by atoms with van der Waals surface area (Å²) in [6.07, 6.45) is -1.13. The first-order valence-electron chi connectivity index (χ1n) is 9.20. The first-order valence-corrected chi connectivity index (χ1v) is 10.1. The van der Waals surface area contributed by atoms with Crippen LogP contribution in [0, 0.1) is 0 Å². The third-order valence-electron chi connectivity index (χ3n) is 4.71. The Morgan fingerprint density at radius 1 is 1.11 bits per heavy atom. The summed E-state index contributed by atoms with van der Waals surface area (Å²) in [4.78, 5) is 17.0. The molecule has 148 valence electrons. The van der Waals surface area contributed by atoms with E-state index in [1.807, 2.05) is 79.0 Å². The van der Waals surface area contributed by atoms with Gasteiger partial charge in [0.2, 0.25) is 0 Å². The molecule has 28 heavy (non-hydrogen) atoms. The number of carbonyl (C=O) groups excluding carboxylic acids is 1. The van der Waals surface area contributed by atoms with Gasteiger partial charge >= 0.3 is 0 Å². The van der Waals surface area contributed by atoms with E-state index < -0.39 is 6.10 Å². The Morgan fingerprint density at radius 3 is 2.39 bits per heavy atom. The third-order valence-corrected chi connectivity index (χ3v) is 5.89. The van der Waals surface area contributed by atoms with Gasteiger partial charge in [0.1, 0.15) is 11.9 Å². The van der Waals surface area contributed by atoms with Gasteiger partial charge < -0.3 is 19.6 Å². The average molecular weight is 399 g/mol. The zero-order chi connectivity index (χ0) is 20.1. The number of carbonyl (C=O) groups is 1. The van der Waals surface area contributed by atoms with Gasteiger partial charge in [0.05, 0.1) is 18.1 Å². The maximum Gasteiger partial charge on any atom is 0.257 e. The van der Waals surface area contributed by atoms with Gasteiger partial charge in [-0.2, -0.15) is 0 Å². The molecule has 0 radical (unpaired) electrons. The van der Waals surface area contributed by atoms with Crippen molar-refractivity contribution in [3.05, 3.63) is 71.1 Å². The molecule has 3 rings (SSSR count). The minimum absolute atomic E-state index is 0.275. The van der Waals surface area contributed by atoms with Crippen LogP contribution in [-0.4, -0.2) is 61.2 Å². The number of rotatable bonds is 6. The molecule has 0 aliphatic carbocycles. The summed E-state index contributed by atoms with van der Waals surface area (Å²) in [5.41, 5.74) is 2.68. The minimum Gasteiger partial charge on any atom is -0.497 e. The molecule has 1 heterocycles. The zero-order valence-corrected chi connectivity index (χ0v) is 17.2.